The lowest BCUT2D eigenvalue weighted by atomic mass is 10.1. The van der Waals surface area contributed by atoms with Gasteiger partial charge in [-0.25, -0.2) is 0 Å². The Labute approximate surface area is 204 Å². The number of likely N-dealkylation sites (tertiary alicyclic amines) is 1. The van der Waals surface area contributed by atoms with E-state index in [-0.39, 0.29) is 24.3 Å². The van der Waals surface area contributed by atoms with Crippen LogP contribution in [0.15, 0.2) is 78.9 Å². The molecule has 0 radical (unpaired) electrons. The van der Waals surface area contributed by atoms with Gasteiger partial charge in [-0.3, -0.25) is 9.59 Å². The molecule has 33 heavy (non-hydrogen) atoms. The Morgan fingerprint density at radius 2 is 1.52 bits per heavy atom. The summed E-state index contributed by atoms with van der Waals surface area (Å²) in [5, 5.41) is 1.09. The highest BCUT2D eigenvalue weighted by Gasteiger charge is 2.34. The minimum Gasteiger partial charge on any atom is -0.335 e. The summed E-state index contributed by atoms with van der Waals surface area (Å²) in [6, 6.07) is 25.1. The molecule has 0 aromatic heterocycles. The van der Waals surface area contributed by atoms with Gasteiger partial charge >= 0.3 is 0 Å². The van der Waals surface area contributed by atoms with E-state index in [9.17, 15) is 9.59 Å². The van der Waals surface area contributed by atoms with E-state index in [0.29, 0.717) is 42.5 Å². The van der Waals surface area contributed by atoms with Crippen LogP contribution in [0.4, 0.5) is 0 Å². The third-order valence-corrected chi connectivity index (χ3v) is 6.59. The van der Waals surface area contributed by atoms with E-state index in [1.165, 1.54) is 0 Å². The predicted molar refractivity (Wildman–Crippen MR) is 132 cm³/mol. The van der Waals surface area contributed by atoms with Gasteiger partial charge in [0.25, 0.3) is 0 Å². The Balaban J connectivity index is 1.49. The van der Waals surface area contributed by atoms with E-state index >= 15 is 0 Å². The molecule has 4 nitrogen and oxygen atoms in total. The molecular formula is C27H26Cl2N2O2. The third-order valence-electron chi connectivity index (χ3n) is 6.00. The van der Waals surface area contributed by atoms with Gasteiger partial charge < -0.3 is 9.80 Å². The van der Waals surface area contributed by atoms with Crippen LogP contribution in [0.5, 0.6) is 0 Å². The molecule has 1 saturated heterocycles. The number of halogens is 2. The van der Waals surface area contributed by atoms with Crippen molar-refractivity contribution in [3.05, 3.63) is 106 Å². The number of benzene rings is 3. The van der Waals surface area contributed by atoms with Crippen molar-refractivity contribution < 1.29 is 9.59 Å². The summed E-state index contributed by atoms with van der Waals surface area (Å²) in [5.74, 6) is 0.0890. The van der Waals surface area contributed by atoms with Gasteiger partial charge in [0, 0.05) is 48.6 Å². The molecule has 0 saturated carbocycles. The first-order chi connectivity index (χ1) is 16.0. The van der Waals surface area contributed by atoms with E-state index in [1.807, 2.05) is 71.6 Å². The van der Waals surface area contributed by atoms with E-state index in [1.54, 1.807) is 17.0 Å². The van der Waals surface area contributed by atoms with Gasteiger partial charge in [-0.05, 0) is 35.2 Å². The lowest BCUT2D eigenvalue weighted by molar-refractivity contribution is -0.135. The highest BCUT2D eigenvalue weighted by atomic mass is 35.5. The lowest BCUT2D eigenvalue weighted by Gasteiger charge is -2.29. The monoisotopic (exact) mass is 480 g/mol. The zero-order valence-corrected chi connectivity index (χ0v) is 19.8. The van der Waals surface area contributed by atoms with Gasteiger partial charge in [0.15, 0.2) is 0 Å². The predicted octanol–water partition coefficient (Wildman–Crippen LogP) is 6.10. The Bertz CT molecular complexity index is 1060. The number of hydrogen-bond donors (Lipinski definition) is 0. The summed E-state index contributed by atoms with van der Waals surface area (Å²) >= 11 is 12.4. The number of carbonyl (C=O) groups excluding carboxylic acids is 2. The fourth-order valence-corrected chi connectivity index (χ4v) is 4.69. The fraction of sp³-hybridized carbons (Fsp3) is 0.259. The molecule has 1 fully saturated rings. The van der Waals surface area contributed by atoms with Crippen LogP contribution < -0.4 is 0 Å². The van der Waals surface area contributed by atoms with Crippen molar-refractivity contribution in [1.29, 1.82) is 0 Å². The van der Waals surface area contributed by atoms with E-state index in [0.717, 1.165) is 16.7 Å². The van der Waals surface area contributed by atoms with Crippen LogP contribution in [-0.4, -0.2) is 27.7 Å². The third kappa shape index (κ3) is 6.16. The normalized spacial score (nSPS) is 15.6. The molecule has 1 aliphatic rings. The molecule has 3 aromatic rings. The first-order valence-electron chi connectivity index (χ1n) is 11.1. The van der Waals surface area contributed by atoms with E-state index < -0.39 is 0 Å². The molecule has 0 N–H and O–H groups in total. The molecule has 0 spiro atoms. The molecule has 6 heteroatoms. The van der Waals surface area contributed by atoms with Crippen molar-refractivity contribution in [3.63, 3.8) is 0 Å². The number of rotatable bonds is 8. The first kappa shape index (κ1) is 23.3. The van der Waals surface area contributed by atoms with Crippen LogP contribution in [0.3, 0.4) is 0 Å². The molecular weight excluding hydrogens is 455 g/mol. The molecule has 170 valence electrons. The number of nitrogens with zero attached hydrogens (tertiary/aromatic N) is 2. The zero-order valence-electron chi connectivity index (χ0n) is 18.3. The molecule has 4 rings (SSSR count). The summed E-state index contributed by atoms with van der Waals surface area (Å²) < 4.78 is 0. The lowest BCUT2D eigenvalue weighted by Crippen LogP contribution is -2.38. The molecule has 1 atom stereocenters. The highest BCUT2D eigenvalue weighted by Crippen LogP contribution is 2.28. The Morgan fingerprint density at radius 3 is 2.09 bits per heavy atom. The average molecular weight is 481 g/mol. The molecule has 0 aliphatic carbocycles. The molecule has 1 aliphatic heterocycles. The first-order valence-corrected chi connectivity index (χ1v) is 11.8. The molecule has 2 amide bonds. The highest BCUT2D eigenvalue weighted by molar-refractivity contribution is 6.35. The van der Waals surface area contributed by atoms with Crippen LogP contribution >= 0.6 is 23.2 Å². The molecule has 0 bridgehead atoms. The van der Waals surface area contributed by atoms with E-state index in [4.69, 9.17) is 23.2 Å². The summed E-state index contributed by atoms with van der Waals surface area (Å²) in [6.45, 7) is 1.43. The van der Waals surface area contributed by atoms with Crippen molar-refractivity contribution in [1.82, 2.24) is 9.80 Å². The fourth-order valence-electron chi connectivity index (χ4n) is 4.23. The smallest absolute Gasteiger partial charge is 0.225 e. The van der Waals surface area contributed by atoms with Crippen LogP contribution in [0.1, 0.15) is 36.0 Å². The second-order valence-electron chi connectivity index (χ2n) is 8.37. The van der Waals surface area contributed by atoms with Gasteiger partial charge in [0.2, 0.25) is 11.8 Å². The van der Waals surface area contributed by atoms with Gasteiger partial charge in [0.05, 0.1) is 0 Å². The van der Waals surface area contributed by atoms with Crippen LogP contribution in [0, 0.1) is 0 Å². The van der Waals surface area contributed by atoms with Crippen LogP contribution in [0.25, 0.3) is 0 Å². The number of hydrogen-bond acceptors (Lipinski definition) is 2. The number of amides is 2. The minimum absolute atomic E-state index is 0.0367. The van der Waals surface area contributed by atoms with Gasteiger partial charge in [-0.1, -0.05) is 89.9 Å². The summed E-state index contributed by atoms with van der Waals surface area (Å²) in [4.78, 5) is 29.8. The van der Waals surface area contributed by atoms with Crippen molar-refractivity contribution in [3.8, 4) is 0 Å². The molecule has 1 heterocycles. The minimum atomic E-state index is -0.147. The van der Waals surface area contributed by atoms with Crippen molar-refractivity contribution in [2.75, 3.05) is 0 Å². The molecule has 3 aromatic carbocycles. The second kappa shape index (κ2) is 10.9. The maximum Gasteiger partial charge on any atom is 0.225 e. The molecule has 1 unspecified atom stereocenters. The Morgan fingerprint density at radius 1 is 0.909 bits per heavy atom. The summed E-state index contributed by atoms with van der Waals surface area (Å²) in [5.41, 5.74) is 2.99. The van der Waals surface area contributed by atoms with Gasteiger partial charge in [-0.2, -0.15) is 0 Å². The van der Waals surface area contributed by atoms with Crippen molar-refractivity contribution >= 4 is 35.0 Å². The Kier molecular flexibility index (Phi) is 7.69. The van der Waals surface area contributed by atoms with Crippen LogP contribution in [-0.2, 0) is 29.2 Å². The van der Waals surface area contributed by atoms with Crippen LogP contribution in [0.2, 0.25) is 10.0 Å². The summed E-state index contributed by atoms with van der Waals surface area (Å²) in [7, 11) is 0. The zero-order chi connectivity index (χ0) is 23.2. The second-order valence-corrected chi connectivity index (χ2v) is 9.22. The van der Waals surface area contributed by atoms with Gasteiger partial charge in [-0.15, -0.1) is 0 Å². The Hall–Kier alpha value is -2.82. The number of carbonyl (C=O) groups is 2. The quantitative estimate of drug-likeness (QED) is 0.390. The van der Waals surface area contributed by atoms with Crippen molar-refractivity contribution in [2.45, 2.75) is 44.9 Å². The summed E-state index contributed by atoms with van der Waals surface area (Å²) in [6.07, 6.45) is 1.40. The maximum absolute atomic E-state index is 13.5. The maximum atomic E-state index is 13.5. The van der Waals surface area contributed by atoms with E-state index in [2.05, 4.69) is 0 Å². The average Bonchev–Trinajstić information content (AvgIpc) is 3.15. The SMILES string of the molecule is O=C(CC1CCC(=O)N1Cc1ccc(Cl)cc1Cl)N(Cc1ccccc1)Cc1ccccc1. The van der Waals surface area contributed by atoms with Crippen molar-refractivity contribution in [2.24, 2.45) is 0 Å². The standard InChI is InChI=1S/C27H26Cl2N2O2/c28-23-12-11-22(25(29)15-23)19-31-24(13-14-26(31)32)16-27(33)30(17-20-7-3-1-4-8-20)18-21-9-5-2-6-10-21/h1-12,15,24H,13-14,16-19H2. The topological polar surface area (TPSA) is 40.6 Å². The van der Waals surface area contributed by atoms with Gasteiger partial charge in [0.1, 0.15) is 0 Å². The largest absolute Gasteiger partial charge is 0.335 e.